The third-order valence-corrected chi connectivity index (χ3v) is 4.24. The maximum atomic E-state index is 12.9. The lowest BCUT2D eigenvalue weighted by Gasteiger charge is -2.06. The van der Waals surface area contributed by atoms with Gasteiger partial charge in [-0.15, -0.1) is 15.0 Å². The number of carbonyl (C=O) groups excluding carboxylic acids is 1. The van der Waals surface area contributed by atoms with Crippen molar-refractivity contribution in [3.63, 3.8) is 0 Å². The summed E-state index contributed by atoms with van der Waals surface area (Å²) in [5.41, 5.74) is 0.902. The van der Waals surface area contributed by atoms with Gasteiger partial charge in [0.2, 0.25) is 6.73 Å². The highest BCUT2D eigenvalue weighted by atomic mass is 35.5. The van der Waals surface area contributed by atoms with Gasteiger partial charge in [-0.2, -0.15) is 18.4 Å². The standard InChI is InChI=1S/C21H14ClF3N4O2/c1-13(30)31-12-29-27-19(11-26)20(28-29)16-7-15(9-18(22)10-16)6-5-14-3-2-4-17(8-14)21(23,24)25/h2-10H,12H2,1H3/b6-5+. The fourth-order valence-corrected chi connectivity index (χ4v) is 2.92. The minimum Gasteiger partial charge on any atom is -0.441 e. The van der Waals surface area contributed by atoms with Crippen molar-refractivity contribution in [3.8, 4) is 17.3 Å². The normalized spacial score (nSPS) is 11.5. The second-order valence-electron chi connectivity index (χ2n) is 6.38. The zero-order valence-corrected chi connectivity index (χ0v) is 16.8. The number of nitrogens with zero attached hydrogens (tertiary/aromatic N) is 4. The van der Waals surface area contributed by atoms with Gasteiger partial charge in [0.15, 0.2) is 5.69 Å². The lowest BCUT2D eigenvalue weighted by Crippen LogP contribution is -2.09. The van der Waals surface area contributed by atoms with E-state index in [1.807, 2.05) is 6.07 Å². The summed E-state index contributed by atoms with van der Waals surface area (Å²) in [5, 5.41) is 17.8. The van der Waals surface area contributed by atoms with Crippen molar-refractivity contribution in [3.05, 3.63) is 69.9 Å². The predicted octanol–water partition coefficient (Wildman–Crippen LogP) is 5.18. The largest absolute Gasteiger partial charge is 0.441 e. The Bertz CT molecular complexity index is 1200. The monoisotopic (exact) mass is 446 g/mol. The van der Waals surface area contributed by atoms with Gasteiger partial charge in [0.05, 0.1) is 5.56 Å². The number of nitriles is 1. The molecular formula is C21H14ClF3N4O2. The lowest BCUT2D eigenvalue weighted by atomic mass is 10.0. The molecule has 0 aliphatic rings. The molecule has 0 unspecified atom stereocenters. The van der Waals surface area contributed by atoms with Gasteiger partial charge in [-0.25, -0.2) is 0 Å². The summed E-state index contributed by atoms with van der Waals surface area (Å²) in [4.78, 5) is 12.0. The van der Waals surface area contributed by atoms with Crippen LogP contribution in [0.4, 0.5) is 13.2 Å². The van der Waals surface area contributed by atoms with Crippen LogP contribution in [0.15, 0.2) is 42.5 Å². The Balaban J connectivity index is 1.92. The number of hydrogen-bond acceptors (Lipinski definition) is 5. The zero-order valence-electron chi connectivity index (χ0n) is 16.0. The van der Waals surface area contributed by atoms with Crippen LogP contribution in [0.1, 0.15) is 29.3 Å². The van der Waals surface area contributed by atoms with E-state index in [0.717, 1.165) is 16.9 Å². The minimum absolute atomic E-state index is 0.00206. The molecule has 0 bridgehead atoms. The first kappa shape index (κ1) is 22.1. The van der Waals surface area contributed by atoms with Crippen LogP contribution in [0.5, 0.6) is 0 Å². The number of carbonyl (C=O) groups is 1. The van der Waals surface area contributed by atoms with Gasteiger partial charge in [0.1, 0.15) is 11.8 Å². The molecule has 0 aliphatic carbocycles. The summed E-state index contributed by atoms with van der Waals surface area (Å²) in [7, 11) is 0. The quantitative estimate of drug-likeness (QED) is 0.398. The van der Waals surface area contributed by atoms with Crippen molar-refractivity contribution in [1.29, 1.82) is 5.26 Å². The highest BCUT2D eigenvalue weighted by molar-refractivity contribution is 6.31. The van der Waals surface area contributed by atoms with Crippen LogP contribution in [-0.4, -0.2) is 21.0 Å². The molecule has 1 heterocycles. The van der Waals surface area contributed by atoms with E-state index in [-0.39, 0.29) is 18.1 Å². The van der Waals surface area contributed by atoms with Gasteiger partial charge in [-0.3, -0.25) is 4.79 Å². The van der Waals surface area contributed by atoms with Gasteiger partial charge in [-0.1, -0.05) is 35.9 Å². The van der Waals surface area contributed by atoms with E-state index < -0.39 is 17.7 Å². The second-order valence-corrected chi connectivity index (χ2v) is 6.81. The van der Waals surface area contributed by atoms with Crippen LogP contribution in [0.3, 0.4) is 0 Å². The molecule has 0 saturated carbocycles. The molecule has 0 amide bonds. The SMILES string of the molecule is CC(=O)OCn1nc(C#N)c(-c2cc(Cl)cc(/C=C/c3cccc(C(F)(F)F)c3)c2)n1. The summed E-state index contributed by atoms with van der Waals surface area (Å²) < 4.78 is 43.5. The topological polar surface area (TPSA) is 80.8 Å². The van der Waals surface area contributed by atoms with E-state index in [1.54, 1.807) is 30.3 Å². The molecule has 0 N–H and O–H groups in total. The number of rotatable bonds is 5. The maximum Gasteiger partial charge on any atom is 0.416 e. The van der Waals surface area contributed by atoms with Crippen molar-refractivity contribution in [2.45, 2.75) is 19.8 Å². The molecule has 0 aliphatic heterocycles. The molecule has 0 atom stereocenters. The van der Waals surface area contributed by atoms with E-state index in [9.17, 15) is 23.2 Å². The van der Waals surface area contributed by atoms with Crippen LogP contribution in [0.2, 0.25) is 5.02 Å². The van der Waals surface area contributed by atoms with Crippen LogP contribution in [-0.2, 0) is 22.4 Å². The smallest absolute Gasteiger partial charge is 0.416 e. The Hall–Kier alpha value is -3.64. The molecule has 0 radical (unpaired) electrons. The fourth-order valence-electron chi connectivity index (χ4n) is 2.68. The number of benzene rings is 2. The first-order valence-corrected chi connectivity index (χ1v) is 9.18. The first-order chi connectivity index (χ1) is 14.7. The summed E-state index contributed by atoms with van der Waals surface area (Å²) in [6, 6.07) is 11.7. The molecule has 31 heavy (non-hydrogen) atoms. The number of alkyl halides is 3. The van der Waals surface area contributed by atoms with Crippen molar-refractivity contribution in [1.82, 2.24) is 15.0 Å². The summed E-state index contributed by atoms with van der Waals surface area (Å²) >= 11 is 6.18. The van der Waals surface area contributed by atoms with Crippen LogP contribution in [0.25, 0.3) is 23.4 Å². The molecule has 6 nitrogen and oxygen atoms in total. The highest BCUT2D eigenvalue weighted by Crippen LogP contribution is 2.30. The van der Waals surface area contributed by atoms with Crippen molar-refractivity contribution in [2.24, 2.45) is 0 Å². The predicted molar refractivity (Wildman–Crippen MR) is 107 cm³/mol. The van der Waals surface area contributed by atoms with Crippen molar-refractivity contribution in [2.75, 3.05) is 0 Å². The third kappa shape index (κ3) is 5.71. The molecule has 3 aromatic rings. The van der Waals surface area contributed by atoms with Gasteiger partial charge >= 0.3 is 12.1 Å². The molecule has 158 valence electrons. The summed E-state index contributed by atoms with van der Waals surface area (Å²) in [6.07, 6.45) is -1.31. The Labute approximate surface area is 180 Å². The van der Waals surface area contributed by atoms with E-state index in [1.165, 1.54) is 19.1 Å². The molecular weight excluding hydrogens is 433 g/mol. The molecule has 10 heteroatoms. The third-order valence-electron chi connectivity index (χ3n) is 4.02. The lowest BCUT2D eigenvalue weighted by molar-refractivity contribution is -0.145. The number of aromatic nitrogens is 3. The number of esters is 1. The molecule has 2 aromatic carbocycles. The fraction of sp³-hybridized carbons (Fsp3) is 0.143. The zero-order chi connectivity index (χ0) is 22.6. The molecule has 3 rings (SSSR count). The van der Waals surface area contributed by atoms with E-state index in [0.29, 0.717) is 21.7 Å². The average molecular weight is 447 g/mol. The van der Waals surface area contributed by atoms with Gasteiger partial charge < -0.3 is 4.74 Å². The summed E-state index contributed by atoms with van der Waals surface area (Å²) in [5.74, 6) is -0.526. The Morgan fingerprint density at radius 2 is 1.94 bits per heavy atom. The average Bonchev–Trinajstić information content (AvgIpc) is 3.13. The first-order valence-electron chi connectivity index (χ1n) is 8.80. The van der Waals surface area contributed by atoms with Gasteiger partial charge in [0.25, 0.3) is 0 Å². The molecule has 0 spiro atoms. The Morgan fingerprint density at radius 3 is 2.61 bits per heavy atom. The highest BCUT2D eigenvalue weighted by Gasteiger charge is 2.30. The Kier molecular flexibility index (Phi) is 6.42. The van der Waals surface area contributed by atoms with Gasteiger partial charge in [0, 0.05) is 17.5 Å². The minimum atomic E-state index is -4.43. The number of halogens is 4. The van der Waals surface area contributed by atoms with Crippen LogP contribution < -0.4 is 0 Å². The van der Waals surface area contributed by atoms with E-state index >= 15 is 0 Å². The molecule has 1 aromatic heterocycles. The number of ether oxygens (including phenoxy) is 1. The van der Waals surface area contributed by atoms with E-state index in [4.69, 9.17) is 16.3 Å². The maximum absolute atomic E-state index is 12.9. The van der Waals surface area contributed by atoms with Gasteiger partial charge in [-0.05, 0) is 41.5 Å². The molecule has 0 saturated heterocycles. The Morgan fingerprint density at radius 1 is 1.19 bits per heavy atom. The van der Waals surface area contributed by atoms with Crippen molar-refractivity contribution >= 4 is 29.7 Å². The number of hydrogen-bond donors (Lipinski definition) is 0. The van der Waals surface area contributed by atoms with Crippen molar-refractivity contribution < 1.29 is 22.7 Å². The van der Waals surface area contributed by atoms with Crippen LogP contribution in [0, 0.1) is 11.3 Å². The second kappa shape index (κ2) is 9.02. The van der Waals surface area contributed by atoms with Crippen LogP contribution >= 0.6 is 11.6 Å². The van der Waals surface area contributed by atoms with E-state index in [2.05, 4.69) is 10.2 Å². The summed E-state index contributed by atoms with van der Waals surface area (Å²) in [6.45, 7) is 0.975. The molecule has 0 fully saturated rings.